The molecule has 3 aromatic rings. The zero-order chi connectivity index (χ0) is 17.6. The second-order valence-electron chi connectivity index (χ2n) is 5.38. The summed E-state index contributed by atoms with van der Waals surface area (Å²) >= 11 is 7.35. The van der Waals surface area contributed by atoms with Gasteiger partial charge in [0.25, 0.3) is 0 Å². The van der Waals surface area contributed by atoms with Crippen molar-refractivity contribution in [2.24, 2.45) is 0 Å². The van der Waals surface area contributed by atoms with E-state index in [1.54, 1.807) is 0 Å². The summed E-state index contributed by atoms with van der Waals surface area (Å²) in [5, 5.41) is 22.1. The Morgan fingerprint density at radius 1 is 1.12 bits per heavy atom. The molecule has 0 saturated carbocycles. The van der Waals surface area contributed by atoms with Crippen LogP contribution in [0.2, 0.25) is 5.02 Å². The van der Waals surface area contributed by atoms with E-state index in [0.29, 0.717) is 22.5 Å². The van der Waals surface area contributed by atoms with Crippen LogP contribution < -0.4 is 5.32 Å². The van der Waals surface area contributed by atoms with Gasteiger partial charge in [0, 0.05) is 16.4 Å². The van der Waals surface area contributed by atoms with E-state index in [4.69, 9.17) is 16.9 Å². The van der Waals surface area contributed by atoms with E-state index in [-0.39, 0.29) is 0 Å². The Bertz CT molecular complexity index is 881. The van der Waals surface area contributed by atoms with Gasteiger partial charge in [0.05, 0.1) is 18.4 Å². The Morgan fingerprint density at radius 2 is 1.84 bits per heavy atom. The van der Waals surface area contributed by atoms with Gasteiger partial charge in [-0.15, -0.1) is 10.2 Å². The lowest BCUT2D eigenvalue weighted by Gasteiger charge is -2.11. The summed E-state index contributed by atoms with van der Waals surface area (Å²) in [4.78, 5) is 0. The normalized spacial score (nSPS) is 10.4. The molecule has 3 rings (SSSR count). The first-order chi connectivity index (χ1) is 12.2. The van der Waals surface area contributed by atoms with Gasteiger partial charge in [-0.05, 0) is 43.3 Å². The van der Waals surface area contributed by atoms with Crippen LogP contribution in [0.5, 0.6) is 0 Å². The monoisotopic (exact) mass is 369 g/mol. The first kappa shape index (κ1) is 17.3. The maximum absolute atomic E-state index is 8.85. The number of hydrogen-bond donors (Lipinski definition) is 1. The van der Waals surface area contributed by atoms with Gasteiger partial charge in [0.1, 0.15) is 0 Å². The zero-order valence-corrected chi connectivity index (χ0v) is 15.2. The lowest BCUT2D eigenvalue weighted by molar-refractivity contribution is 0.842. The number of anilines is 1. The number of aromatic nitrogens is 3. The summed E-state index contributed by atoms with van der Waals surface area (Å²) in [5.74, 6) is 1.08. The summed E-state index contributed by atoms with van der Waals surface area (Å²) in [6.45, 7) is 2.57. The molecule has 0 aliphatic heterocycles. The first-order valence-corrected chi connectivity index (χ1v) is 9.04. The SMILES string of the molecule is Cc1ccc(NCc2nnc(SCC#N)n2-c2ccc(Cl)cc2)cc1. The van der Waals surface area contributed by atoms with Gasteiger partial charge < -0.3 is 5.32 Å². The van der Waals surface area contributed by atoms with Gasteiger partial charge in [0.15, 0.2) is 11.0 Å². The number of nitrogens with zero attached hydrogens (tertiary/aromatic N) is 4. The molecule has 25 heavy (non-hydrogen) atoms. The number of rotatable bonds is 6. The Morgan fingerprint density at radius 3 is 2.52 bits per heavy atom. The van der Waals surface area contributed by atoms with Crippen LogP contribution >= 0.6 is 23.4 Å². The van der Waals surface area contributed by atoms with Crippen molar-refractivity contribution in [1.82, 2.24) is 14.8 Å². The second-order valence-corrected chi connectivity index (χ2v) is 6.76. The second kappa shape index (κ2) is 8.06. The molecule has 0 aliphatic rings. The van der Waals surface area contributed by atoms with Gasteiger partial charge in [-0.3, -0.25) is 4.57 Å². The van der Waals surface area contributed by atoms with Crippen molar-refractivity contribution in [2.45, 2.75) is 18.6 Å². The van der Waals surface area contributed by atoms with Crippen LogP contribution in [0.25, 0.3) is 5.69 Å². The van der Waals surface area contributed by atoms with E-state index >= 15 is 0 Å². The molecule has 0 aliphatic carbocycles. The fraction of sp³-hybridized carbons (Fsp3) is 0.167. The molecule has 0 unspecified atom stereocenters. The Kier molecular flexibility index (Phi) is 5.59. The fourth-order valence-electron chi connectivity index (χ4n) is 2.31. The molecule has 0 fully saturated rings. The predicted molar refractivity (Wildman–Crippen MR) is 101 cm³/mol. The number of nitriles is 1. The maximum Gasteiger partial charge on any atom is 0.196 e. The summed E-state index contributed by atoms with van der Waals surface area (Å²) < 4.78 is 1.94. The van der Waals surface area contributed by atoms with Gasteiger partial charge in [-0.1, -0.05) is 41.1 Å². The molecular formula is C18H16ClN5S. The van der Waals surface area contributed by atoms with E-state index in [1.165, 1.54) is 17.3 Å². The lowest BCUT2D eigenvalue weighted by Crippen LogP contribution is -2.08. The lowest BCUT2D eigenvalue weighted by atomic mass is 10.2. The van der Waals surface area contributed by atoms with E-state index < -0.39 is 0 Å². The minimum Gasteiger partial charge on any atom is -0.378 e. The van der Waals surface area contributed by atoms with E-state index in [2.05, 4.69) is 40.6 Å². The molecule has 1 N–H and O–H groups in total. The van der Waals surface area contributed by atoms with E-state index in [1.807, 2.05) is 41.0 Å². The third-order valence-corrected chi connectivity index (χ3v) is 4.60. The van der Waals surface area contributed by atoms with Crippen LogP contribution in [0.15, 0.2) is 53.7 Å². The summed E-state index contributed by atoms with van der Waals surface area (Å²) in [7, 11) is 0. The number of nitrogens with one attached hydrogen (secondary N) is 1. The molecule has 0 amide bonds. The predicted octanol–water partition coefficient (Wildman–Crippen LogP) is 4.46. The third kappa shape index (κ3) is 4.32. The van der Waals surface area contributed by atoms with E-state index in [9.17, 15) is 0 Å². The van der Waals surface area contributed by atoms with Crippen LogP contribution in [-0.2, 0) is 6.54 Å². The average molecular weight is 370 g/mol. The smallest absolute Gasteiger partial charge is 0.196 e. The molecule has 0 bridgehead atoms. The number of benzene rings is 2. The minimum atomic E-state index is 0.317. The van der Waals surface area contributed by atoms with Gasteiger partial charge >= 0.3 is 0 Å². The highest BCUT2D eigenvalue weighted by atomic mass is 35.5. The molecular weight excluding hydrogens is 354 g/mol. The minimum absolute atomic E-state index is 0.317. The summed E-state index contributed by atoms with van der Waals surface area (Å²) in [6, 6.07) is 17.8. The molecule has 126 valence electrons. The topological polar surface area (TPSA) is 66.5 Å². The Balaban J connectivity index is 1.87. The molecule has 1 aromatic heterocycles. The van der Waals surface area contributed by atoms with Crippen LogP contribution in [0.4, 0.5) is 5.69 Å². The quantitative estimate of drug-likeness (QED) is 0.650. The van der Waals surface area contributed by atoms with Crippen molar-refractivity contribution in [3.05, 3.63) is 64.9 Å². The highest BCUT2D eigenvalue weighted by Crippen LogP contribution is 2.23. The standard InChI is InChI=1S/C18H16ClN5S/c1-13-2-6-15(7-3-13)21-12-17-22-23-18(25-11-10-20)24(17)16-8-4-14(19)5-9-16/h2-9,21H,11-12H2,1H3. The number of halogens is 1. The first-order valence-electron chi connectivity index (χ1n) is 7.68. The van der Waals surface area contributed by atoms with Crippen molar-refractivity contribution < 1.29 is 0 Å². The molecule has 0 saturated heterocycles. The van der Waals surface area contributed by atoms with Crippen molar-refractivity contribution in [1.29, 1.82) is 5.26 Å². The van der Waals surface area contributed by atoms with Gasteiger partial charge in [-0.25, -0.2) is 0 Å². The molecule has 0 atom stereocenters. The number of thioether (sulfide) groups is 1. The molecule has 2 aromatic carbocycles. The van der Waals surface area contributed by atoms with Crippen LogP contribution in [0.1, 0.15) is 11.4 Å². The molecule has 1 heterocycles. The molecule has 0 radical (unpaired) electrons. The Hall–Kier alpha value is -2.49. The zero-order valence-electron chi connectivity index (χ0n) is 13.6. The highest BCUT2D eigenvalue weighted by molar-refractivity contribution is 7.99. The highest BCUT2D eigenvalue weighted by Gasteiger charge is 2.14. The summed E-state index contributed by atoms with van der Waals surface area (Å²) in [6.07, 6.45) is 0. The summed E-state index contributed by atoms with van der Waals surface area (Å²) in [5.41, 5.74) is 3.14. The molecule has 5 nitrogen and oxygen atoms in total. The molecule has 7 heteroatoms. The fourth-order valence-corrected chi connectivity index (χ4v) is 3.07. The largest absolute Gasteiger partial charge is 0.378 e. The average Bonchev–Trinajstić information content (AvgIpc) is 3.03. The van der Waals surface area contributed by atoms with Crippen molar-refractivity contribution >= 4 is 29.1 Å². The van der Waals surface area contributed by atoms with Crippen molar-refractivity contribution in [2.75, 3.05) is 11.1 Å². The van der Waals surface area contributed by atoms with Crippen LogP contribution in [-0.4, -0.2) is 20.5 Å². The van der Waals surface area contributed by atoms with Crippen LogP contribution in [0.3, 0.4) is 0 Å². The third-order valence-electron chi connectivity index (χ3n) is 3.55. The van der Waals surface area contributed by atoms with Crippen molar-refractivity contribution in [3.63, 3.8) is 0 Å². The number of aryl methyl sites for hydroxylation is 1. The van der Waals surface area contributed by atoms with Crippen molar-refractivity contribution in [3.8, 4) is 11.8 Å². The van der Waals surface area contributed by atoms with Crippen LogP contribution in [0, 0.1) is 18.3 Å². The maximum atomic E-state index is 8.85. The van der Waals surface area contributed by atoms with E-state index in [0.717, 1.165) is 17.2 Å². The molecule has 0 spiro atoms. The van der Waals surface area contributed by atoms with Gasteiger partial charge in [-0.2, -0.15) is 5.26 Å². The number of hydrogen-bond acceptors (Lipinski definition) is 5. The Labute approximate surface area is 155 Å². The van der Waals surface area contributed by atoms with Gasteiger partial charge in [0.2, 0.25) is 0 Å².